The Morgan fingerprint density at radius 1 is 1.10 bits per heavy atom. The molecule has 0 N–H and O–H groups in total. The van der Waals surface area contributed by atoms with Crippen molar-refractivity contribution in [1.29, 1.82) is 0 Å². The molecule has 1 aliphatic carbocycles. The highest BCUT2D eigenvalue weighted by atomic mass is 28.4. The lowest BCUT2D eigenvalue weighted by atomic mass is 10.0. The smallest absolute Gasteiger partial charge is 0.460 e. The summed E-state index contributed by atoms with van der Waals surface area (Å²) in [5, 5.41) is 0. The summed E-state index contributed by atoms with van der Waals surface area (Å²) in [6.45, 7) is 8.96. The SMILES string of the molecule is C=CC(=O)OCCO[Si](OCC)(OCC)C1CCCCC1. The van der Waals surface area contributed by atoms with Crippen LogP contribution in [-0.4, -0.2) is 41.2 Å². The van der Waals surface area contributed by atoms with E-state index in [1.54, 1.807) is 0 Å². The number of carbonyl (C=O) groups is 1. The maximum Gasteiger partial charge on any atom is 0.504 e. The maximum absolute atomic E-state index is 11.0. The highest BCUT2D eigenvalue weighted by Gasteiger charge is 2.49. The van der Waals surface area contributed by atoms with Gasteiger partial charge in [0, 0.05) is 24.8 Å². The molecule has 0 aliphatic heterocycles. The van der Waals surface area contributed by atoms with Gasteiger partial charge in [-0.2, -0.15) is 0 Å². The minimum Gasteiger partial charge on any atom is -0.460 e. The van der Waals surface area contributed by atoms with E-state index in [1.807, 2.05) is 13.8 Å². The van der Waals surface area contributed by atoms with Crippen LogP contribution in [0.2, 0.25) is 5.54 Å². The fourth-order valence-corrected chi connectivity index (χ4v) is 5.97. The molecule has 0 amide bonds. The van der Waals surface area contributed by atoms with Crippen LogP contribution in [0.5, 0.6) is 0 Å². The minimum absolute atomic E-state index is 0.201. The van der Waals surface area contributed by atoms with Crippen LogP contribution in [-0.2, 0) is 22.8 Å². The van der Waals surface area contributed by atoms with Crippen molar-refractivity contribution in [2.24, 2.45) is 0 Å². The molecule has 5 nitrogen and oxygen atoms in total. The third kappa shape index (κ3) is 5.90. The molecule has 0 unspecified atom stereocenters. The van der Waals surface area contributed by atoms with Crippen LogP contribution < -0.4 is 0 Å². The molecule has 1 aliphatic rings. The van der Waals surface area contributed by atoms with E-state index >= 15 is 0 Å². The molecule has 21 heavy (non-hydrogen) atoms. The molecule has 1 fully saturated rings. The van der Waals surface area contributed by atoms with Gasteiger partial charge in [-0.05, 0) is 26.7 Å². The third-order valence-corrected chi connectivity index (χ3v) is 7.16. The molecule has 6 heteroatoms. The average Bonchev–Trinajstić information content (AvgIpc) is 2.52. The quantitative estimate of drug-likeness (QED) is 0.268. The molecule has 0 atom stereocenters. The fraction of sp³-hybridized carbons (Fsp3) is 0.800. The topological polar surface area (TPSA) is 54.0 Å². The van der Waals surface area contributed by atoms with Gasteiger partial charge in [-0.25, -0.2) is 4.79 Å². The zero-order valence-corrected chi connectivity index (χ0v) is 14.3. The Kier molecular flexibility index (Phi) is 8.83. The van der Waals surface area contributed by atoms with Crippen molar-refractivity contribution >= 4 is 14.8 Å². The van der Waals surface area contributed by atoms with Gasteiger partial charge in [0.05, 0.1) is 6.61 Å². The zero-order chi connectivity index (χ0) is 15.6. The van der Waals surface area contributed by atoms with Gasteiger partial charge in [0.25, 0.3) is 0 Å². The molecule has 0 spiro atoms. The summed E-state index contributed by atoms with van der Waals surface area (Å²) >= 11 is 0. The molecule has 0 radical (unpaired) electrons. The molecule has 0 bridgehead atoms. The van der Waals surface area contributed by atoms with Gasteiger partial charge in [-0.3, -0.25) is 0 Å². The van der Waals surface area contributed by atoms with Crippen LogP contribution in [0.1, 0.15) is 46.0 Å². The second-order valence-corrected chi connectivity index (χ2v) is 7.91. The van der Waals surface area contributed by atoms with E-state index in [0.717, 1.165) is 18.9 Å². The summed E-state index contributed by atoms with van der Waals surface area (Å²) in [7, 11) is -2.69. The van der Waals surface area contributed by atoms with Gasteiger partial charge in [0.1, 0.15) is 6.61 Å². The van der Waals surface area contributed by atoms with Crippen LogP contribution in [0, 0.1) is 0 Å². The number of carbonyl (C=O) groups excluding carboxylic acids is 1. The molecule has 122 valence electrons. The normalized spacial score (nSPS) is 16.7. The van der Waals surface area contributed by atoms with Crippen LogP contribution in [0.15, 0.2) is 12.7 Å². The molecule has 1 saturated carbocycles. The monoisotopic (exact) mass is 316 g/mol. The van der Waals surface area contributed by atoms with Gasteiger partial charge < -0.3 is 18.0 Å². The van der Waals surface area contributed by atoms with Gasteiger partial charge in [-0.15, -0.1) is 0 Å². The first-order valence-electron chi connectivity index (χ1n) is 7.89. The Bertz CT molecular complexity index is 309. The lowest BCUT2D eigenvalue weighted by Crippen LogP contribution is -2.51. The lowest BCUT2D eigenvalue weighted by molar-refractivity contribution is -0.139. The summed E-state index contributed by atoms with van der Waals surface area (Å²) in [6, 6.07) is 0. The maximum atomic E-state index is 11.0. The molecule has 0 heterocycles. The number of rotatable bonds is 10. The first kappa shape index (κ1) is 18.4. The second kappa shape index (κ2) is 10.1. The van der Waals surface area contributed by atoms with Gasteiger partial charge in [0.2, 0.25) is 0 Å². The highest BCUT2D eigenvalue weighted by molar-refractivity contribution is 6.62. The van der Waals surface area contributed by atoms with Crippen LogP contribution in [0.25, 0.3) is 0 Å². The van der Waals surface area contributed by atoms with Crippen molar-refractivity contribution in [2.75, 3.05) is 26.4 Å². The van der Waals surface area contributed by atoms with E-state index in [4.69, 9.17) is 18.0 Å². The first-order chi connectivity index (χ1) is 10.2. The molecule has 0 aromatic carbocycles. The Balaban J connectivity index is 2.60. The molecular weight excluding hydrogens is 288 g/mol. The predicted octanol–water partition coefficient (Wildman–Crippen LogP) is 3.08. The van der Waals surface area contributed by atoms with E-state index < -0.39 is 14.8 Å². The van der Waals surface area contributed by atoms with Gasteiger partial charge >= 0.3 is 14.8 Å². The first-order valence-corrected chi connectivity index (χ1v) is 9.69. The van der Waals surface area contributed by atoms with Crippen molar-refractivity contribution in [3.63, 3.8) is 0 Å². The summed E-state index contributed by atoms with van der Waals surface area (Å²) in [5.74, 6) is -0.434. The second-order valence-electron chi connectivity index (χ2n) is 5.02. The van der Waals surface area contributed by atoms with Crippen molar-refractivity contribution < 1.29 is 22.8 Å². The Labute approximate surface area is 129 Å². The van der Waals surface area contributed by atoms with E-state index in [0.29, 0.717) is 25.4 Å². The number of hydrogen-bond donors (Lipinski definition) is 0. The average molecular weight is 316 g/mol. The van der Waals surface area contributed by atoms with Crippen molar-refractivity contribution in [2.45, 2.75) is 51.5 Å². The summed E-state index contributed by atoms with van der Waals surface area (Å²) in [5.41, 5.74) is 0.362. The van der Waals surface area contributed by atoms with Crippen LogP contribution >= 0.6 is 0 Å². The van der Waals surface area contributed by atoms with Crippen LogP contribution in [0.3, 0.4) is 0 Å². The third-order valence-electron chi connectivity index (χ3n) is 3.59. The summed E-state index contributed by atoms with van der Waals surface area (Å²) in [6.07, 6.45) is 7.02. The molecule has 1 rings (SSSR count). The molecular formula is C15H28O5Si. The molecule has 0 aromatic rings. The number of hydrogen-bond acceptors (Lipinski definition) is 5. The number of ether oxygens (including phenoxy) is 1. The minimum atomic E-state index is -2.69. The van der Waals surface area contributed by atoms with Gasteiger partial charge in [0.15, 0.2) is 0 Å². The highest BCUT2D eigenvalue weighted by Crippen LogP contribution is 2.38. The number of esters is 1. The van der Waals surface area contributed by atoms with E-state index in [-0.39, 0.29) is 6.61 Å². The predicted molar refractivity (Wildman–Crippen MR) is 82.9 cm³/mol. The van der Waals surface area contributed by atoms with Gasteiger partial charge in [-0.1, -0.05) is 25.8 Å². The lowest BCUT2D eigenvalue weighted by Gasteiger charge is -2.37. The van der Waals surface area contributed by atoms with E-state index in [1.165, 1.54) is 19.3 Å². The van der Waals surface area contributed by atoms with Crippen molar-refractivity contribution in [1.82, 2.24) is 0 Å². The zero-order valence-electron chi connectivity index (χ0n) is 13.3. The van der Waals surface area contributed by atoms with Crippen LogP contribution in [0.4, 0.5) is 0 Å². The van der Waals surface area contributed by atoms with Crippen molar-refractivity contribution in [3.05, 3.63) is 12.7 Å². The fourth-order valence-electron chi connectivity index (χ4n) is 2.72. The molecule has 0 aromatic heterocycles. The largest absolute Gasteiger partial charge is 0.504 e. The Morgan fingerprint density at radius 3 is 2.24 bits per heavy atom. The summed E-state index contributed by atoms with van der Waals surface area (Å²) < 4.78 is 22.9. The van der Waals surface area contributed by atoms with Crippen molar-refractivity contribution in [3.8, 4) is 0 Å². The summed E-state index contributed by atoms with van der Waals surface area (Å²) in [4.78, 5) is 11.0. The Morgan fingerprint density at radius 2 is 1.71 bits per heavy atom. The standard InChI is InChI=1S/C15H28O5Si/c1-4-15(16)17-12-13-20-21(18-5-2,19-6-3)14-10-8-7-9-11-14/h4,14H,1,5-13H2,2-3H3. The van der Waals surface area contributed by atoms with E-state index in [9.17, 15) is 4.79 Å². The Hall–Kier alpha value is -0.693. The molecule has 0 saturated heterocycles. The van der Waals surface area contributed by atoms with E-state index in [2.05, 4.69) is 6.58 Å².